The van der Waals surface area contributed by atoms with Crippen LogP contribution in [0.25, 0.3) is 17.1 Å². The highest BCUT2D eigenvalue weighted by Crippen LogP contribution is 2.29. The van der Waals surface area contributed by atoms with Crippen molar-refractivity contribution in [2.75, 3.05) is 26.0 Å². The Morgan fingerprint density at radius 3 is 2.46 bits per heavy atom. The van der Waals surface area contributed by atoms with Gasteiger partial charge in [-0.1, -0.05) is 53.7 Å². The lowest BCUT2D eigenvalue weighted by molar-refractivity contribution is -0.118. The van der Waals surface area contributed by atoms with Crippen LogP contribution in [-0.4, -0.2) is 46.7 Å². The Bertz CT molecular complexity index is 1290. The van der Waals surface area contributed by atoms with E-state index in [0.29, 0.717) is 41.2 Å². The molecular formula is C26H25FN4O3S. The van der Waals surface area contributed by atoms with Crippen LogP contribution in [0.1, 0.15) is 5.56 Å². The van der Waals surface area contributed by atoms with Crippen LogP contribution in [0.3, 0.4) is 0 Å². The first-order valence-electron chi connectivity index (χ1n) is 11.0. The zero-order valence-electron chi connectivity index (χ0n) is 19.4. The number of benzene rings is 3. The second-order valence-electron chi connectivity index (χ2n) is 7.59. The summed E-state index contributed by atoms with van der Waals surface area (Å²) in [6.07, 6.45) is 0. The van der Waals surface area contributed by atoms with Gasteiger partial charge in [0.2, 0.25) is 5.91 Å². The monoisotopic (exact) mass is 492 g/mol. The van der Waals surface area contributed by atoms with Crippen molar-refractivity contribution in [2.24, 2.45) is 0 Å². The standard InChI is InChI=1S/C26H25FN4O3S/c1-18-11-13-19(14-12-18)31-25(20-7-3-4-8-21(20)27)29-30-26(31)35-17-24(32)28-15-16-34-23-10-6-5-9-22(23)33-2/h3-14H,15-17H2,1-2H3,(H,28,32). The highest BCUT2D eigenvalue weighted by molar-refractivity contribution is 7.99. The molecule has 0 aliphatic rings. The smallest absolute Gasteiger partial charge is 0.230 e. The van der Waals surface area contributed by atoms with Gasteiger partial charge in [-0.2, -0.15) is 0 Å². The van der Waals surface area contributed by atoms with Crippen molar-refractivity contribution in [1.82, 2.24) is 20.1 Å². The first-order chi connectivity index (χ1) is 17.1. The fourth-order valence-corrected chi connectivity index (χ4v) is 4.16. The Morgan fingerprint density at radius 1 is 1.00 bits per heavy atom. The molecule has 0 spiro atoms. The molecule has 0 radical (unpaired) electrons. The summed E-state index contributed by atoms with van der Waals surface area (Å²) in [4.78, 5) is 12.4. The van der Waals surface area contributed by atoms with Crippen LogP contribution >= 0.6 is 11.8 Å². The average Bonchev–Trinajstić information content (AvgIpc) is 3.30. The molecule has 1 heterocycles. The second-order valence-corrected chi connectivity index (χ2v) is 8.54. The van der Waals surface area contributed by atoms with Gasteiger partial charge in [0.15, 0.2) is 22.5 Å². The van der Waals surface area contributed by atoms with E-state index in [0.717, 1.165) is 11.3 Å². The van der Waals surface area contributed by atoms with E-state index >= 15 is 0 Å². The molecule has 0 fully saturated rings. The number of nitrogens with zero attached hydrogens (tertiary/aromatic N) is 3. The number of carbonyl (C=O) groups is 1. The number of thioether (sulfide) groups is 1. The predicted molar refractivity (Wildman–Crippen MR) is 134 cm³/mol. The summed E-state index contributed by atoms with van der Waals surface area (Å²) in [5.74, 6) is 1.18. The lowest BCUT2D eigenvalue weighted by Crippen LogP contribution is -2.29. The van der Waals surface area contributed by atoms with Crippen molar-refractivity contribution in [3.63, 3.8) is 0 Å². The molecule has 0 bridgehead atoms. The minimum absolute atomic E-state index is 0.121. The van der Waals surface area contributed by atoms with Crippen LogP contribution < -0.4 is 14.8 Å². The molecule has 180 valence electrons. The number of methoxy groups -OCH3 is 1. The van der Waals surface area contributed by atoms with Gasteiger partial charge >= 0.3 is 0 Å². The van der Waals surface area contributed by atoms with Crippen LogP contribution in [0.4, 0.5) is 4.39 Å². The Morgan fingerprint density at radius 2 is 1.71 bits per heavy atom. The van der Waals surface area contributed by atoms with E-state index in [-0.39, 0.29) is 11.7 Å². The Balaban J connectivity index is 1.42. The van der Waals surface area contributed by atoms with E-state index in [2.05, 4.69) is 15.5 Å². The molecule has 0 atom stereocenters. The summed E-state index contributed by atoms with van der Waals surface area (Å²) in [7, 11) is 1.58. The lowest BCUT2D eigenvalue weighted by Gasteiger charge is -2.12. The predicted octanol–water partition coefficient (Wildman–Crippen LogP) is 4.68. The van der Waals surface area contributed by atoms with Gasteiger partial charge in [-0.05, 0) is 43.3 Å². The van der Waals surface area contributed by atoms with Gasteiger partial charge in [0.25, 0.3) is 0 Å². The van der Waals surface area contributed by atoms with Gasteiger partial charge in [0.1, 0.15) is 12.4 Å². The molecule has 0 aliphatic carbocycles. The van der Waals surface area contributed by atoms with Gasteiger partial charge < -0.3 is 14.8 Å². The Hall–Kier alpha value is -3.85. The van der Waals surface area contributed by atoms with E-state index < -0.39 is 5.82 Å². The molecule has 1 N–H and O–H groups in total. The highest BCUT2D eigenvalue weighted by atomic mass is 32.2. The number of halogens is 1. The van der Waals surface area contributed by atoms with Crippen LogP contribution in [0, 0.1) is 12.7 Å². The molecule has 1 aromatic heterocycles. The molecule has 4 rings (SSSR count). The van der Waals surface area contributed by atoms with Crippen LogP contribution in [0.2, 0.25) is 0 Å². The lowest BCUT2D eigenvalue weighted by atomic mass is 10.2. The van der Waals surface area contributed by atoms with Crippen molar-refractivity contribution in [3.05, 3.63) is 84.2 Å². The van der Waals surface area contributed by atoms with Gasteiger partial charge in [0, 0.05) is 5.69 Å². The number of aromatic nitrogens is 3. The number of ether oxygens (including phenoxy) is 2. The molecule has 0 saturated carbocycles. The summed E-state index contributed by atoms with van der Waals surface area (Å²) in [6, 6.07) is 21.5. The quantitative estimate of drug-likeness (QED) is 0.256. The number of hydrogen-bond donors (Lipinski definition) is 1. The summed E-state index contributed by atoms with van der Waals surface area (Å²) in [6.45, 7) is 2.63. The molecule has 0 unspecified atom stereocenters. The summed E-state index contributed by atoms with van der Waals surface area (Å²) in [5, 5.41) is 11.8. The number of rotatable bonds is 10. The van der Waals surface area contributed by atoms with E-state index in [4.69, 9.17) is 9.47 Å². The van der Waals surface area contributed by atoms with E-state index in [1.165, 1.54) is 17.8 Å². The van der Waals surface area contributed by atoms with Crippen molar-refractivity contribution < 1.29 is 18.7 Å². The summed E-state index contributed by atoms with van der Waals surface area (Å²) in [5.41, 5.74) is 2.22. The van der Waals surface area contributed by atoms with Gasteiger partial charge in [-0.25, -0.2) is 4.39 Å². The normalized spacial score (nSPS) is 10.7. The molecule has 3 aromatic carbocycles. The molecule has 1 amide bonds. The Labute approximate surface area is 207 Å². The molecule has 9 heteroatoms. The van der Waals surface area contributed by atoms with E-state index in [1.807, 2.05) is 55.5 Å². The first-order valence-corrected chi connectivity index (χ1v) is 12.0. The minimum Gasteiger partial charge on any atom is -0.493 e. The van der Waals surface area contributed by atoms with Crippen molar-refractivity contribution in [3.8, 4) is 28.6 Å². The topological polar surface area (TPSA) is 78.3 Å². The summed E-state index contributed by atoms with van der Waals surface area (Å²) < 4.78 is 27.2. The van der Waals surface area contributed by atoms with Crippen molar-refractivity contribution >= 4 is 17.7 Å². The van der Waals surface area contributed by atoms with E-state index in [1.54, 1.807) is 29.9 Å². The SMILES string of the molecule is COc1ccccc1OCCNC(=O)CSc1nnc(-c2ccccc2F)n1-c1ccc(C)cc1. The van der Waals surface area contributed by atoms with Gasteiger partial charge in [-0.3, -0.25) is 9.36 Å². The van der Waals surface area contributed by atoms with Crippen LogP contribution in [0.15, 0.2) is 78.0 Å². The van der Waals surface area contributed by atoms with E-state index in [9.17, 15) is 9.18 Å². The maximum atomic E-state index is 14.5. The Kier molecular flexibility index (Phi) is 7.99. The second kappa shape index (κ2) is 11.5. The van der Waals surface area contributed by atoms with Gasteiger partial charge in [-0.15, -0.1) is 10.2 Å². The van der Waals surface area contributed by atoms with Crippen molar-refractivity contribution in [1.29, 1.82) is 0 Å². The third-order valence-corrected chi connectivity index (χ3v) is 6.05. The van der Waals surface area contributed by atoms with Gasteiger partial charge in [0.05, 0.1) is 25.0 Å². The number of aryl methyl sites for hydroxylation is 1. The fraction of sp³-hybridized carbons (Fsp3) is 0.192. The summed E-state index contributed by atoms with van der Waals surface area (Å²) >= 11 is 1.23. The zero-order valence-corrected chi connectivity index (χ0v) is 20.2. The third kappa shape index (κ3) is 5.99. The number of para-hydroxylation sites is 2. The number of nitrogens with one attached hydrogen (secondary N) is 1. The molecule has 4 aromatic rings. The largest absolute Gasteiger partial charge is 0.493 e. The first kappa shape index (κ1) is 24.3. The maximum absolute atomic E-state index is 14.5. The van der Waals surface area contributed by atoms with Crippen molar-refractivity contribution in [2.45, 2.75) is 12.1 Å². The highest BCUT2D eigenvalue weighted by Gasteiger charge is 2.19. The molecular weight excluding hydrogens is 467 g/mol. The van der Waals surface area contributed by atoms with Crippen LogP contribution in [-0.2, 0) is 4.79 Å². The number of hydrogen-bond acceptors (Lipinski definition) is 6. The molecule has 0 aliphatic heterocycles. The number of carbonyl (C=O) groups excluding carboxylic acids is 1. The number of amides is 1. The van der Waals surface area contributed by atoms with Crippen LogP contribution in [0.5, 0.6) is 11.5 Å². The zero-order chi connectivity index (χ0) is 24.6. The molecule has 35 heavy (non-hydrogen) atoms. The fourth-order valence-electron chi connectivity index (χ4n) is 3.38. The molecule has 7 nitrogen and oxygen atoms in total. The average molecular weight is 493 g/mol. The minimum atomic E-state index is -0.391. The third-order valence-electron chi connectivity index (χ3n) is 5.12. The molecule has 0 saturated heterocycles. The maximum Gasteiger partial charge on any atom is 0.230 e.